The number of hydrogen-bond acceptors (Lipinski definition) is 6. The lowest BCUT2D eigenvalue weighted by Gasteiger charge is -2.35. The van der Waals surface area contributed by atoms with Crippen LogP contribution in [0.4, 0.5) is 0 Å². The number of amides is 1. The Bertz CT molecular complexity index is 1260. The van der Waals surface area contributed by atoms with Crippen molar-refractivity contribution >= 4 is 5.91 Å². The van der Waals surface area contributed by atoms with E-state index in [0.717, 1.165) is 48.4 Å². The number of carbonyl (C=O) groups is 1. The Morgan fingerprint density at radius 2 is 1.76 bits per heavy atom. The fourth-order valence-corrected chi connectivity index (χ4v) is 5.20. The fraction of sp³-hybridized carbons (Fsp3) is 0.400. The van der Waals surface area contributed by atoms with Gasteiger partial charge in [-0.05, 0) is 56.9 Å². The largest absolute Gasteiger partial charge is 0.507 e. The molecule has 7 heteroatoms. The summed E-state index contributed by atoms with van der Waals surface area (Å²) in [6.45, 7) is 12.8. The summed E-state index contributed by atoms with van der Waals surface area (Å²) in [5.74, 6) is 0.195. The van der Waals surface area contributed by atoms with E-state index in [1.807, 2.05) is 13.0 Å². The SMILES string of the molecule is CCc1cccc(CC)c1-c1cc(Oc2ccc(C(N)=O)c(O)c2)c(CN2C[C@@H](C)O[C@H](C)C2)c(C)n1. The molecule has 1 aliphatic heterocycles. The maximum atomic E-state index is 11.6. The Morgan fingerprint density at radius 1 is 1.11 bits per heavy atom. The predicted molar refractivity (Wildman–Crippen MR) is 145 cm³/mol. The van der Waals surface area contributed by atoms with Gasteiger partial charge in [0.2, 0.25) is 0 Å². The third-order valence-electron chi connectivity index (χ3n) is 6.88. The molecular weight excluding hydrogens is 466 g/mol. The number of hydrogen-bond donors (Lipinski definition) is 2. The Labute approximate surface area is 219 Å². The van der Waals surface area contributed by atoms with Gasteiger partial charge in [0.25, 0.3) is 5.91 Å². The van der Waals surface area contributed by atoms with Crippen molar-refractivity contribution < 1.29 is 19.4 Å². The van der Waals surface area contributed by atoms with E-state index in [9.17, 15) is 9.90 Å². The number of aromatic nitrogens is 1. The number of rotatable bonds is 8. The van der Waals surface area contributed by atoms with Crippen molar-refractivity contribution in [2.75, 3.05) is 13.1 Å². The van der Waals surface area contributed by atoms with Gasteiger partial charge >= 0.3 is 0 Å². The van der Waals surface area contributed by atoms with Gasteiger partial charge in [0.1, 0.15) is 17.2 Å². The zero-order valence-electron chi connectivity index (χ0n) is 22.4. The molecule has 0 saturated carbocycles. The summed E-state index contributed by atoms with van der Waals surface area (Å²) in [5.41, 5.74) is 11.8. The first-order valence-corrected chi connectivity index (χ1v) is 13.0. The van der Waals surface area contributed by atoms with Crippen LogP contribution in [0.5, 0.6) is 17.2 Å². The fourth-order valence-electron chi connectivity index (χ4n) is 5.20. The summed E-state index contributed by atoms with van der Waals surface area (Å²) in [6.07, 6.45) is 2.08. The first-order valence-electron chi connectivity index (χ1n) is 13.0. The van der Waals surface area contributed by atoms with Crippen LogP contribution in [-0.2, 0) is 24.1 Å². The number of nitrogens with zero attached hydrogens (tertiary/aromatic N) is 2. The van der Waals surface area contributed by atoms with Crippen LogP contribution in [0.2, 0.25) is 0 Å². The van der Waals surface area contributed by atoms with Crippen LogP contribution in [0.3, 0.4) is 0 Å². The highest BCUT2D eigenvalue weighted by Crippen LogP contribution is 2.37. The van der Waals surface area contributed by atoms with Gasteiger partial charge in [-0.15, -0.1) is 0 Å². The molecule has 7 nitrogen and oxygen atoms in total. The minimum Gasteiger partial charge on any atom is -0.507 e. The molecular formula is C30H37N3O4. The van der Waals surface area contributed by atoms with E-state index < -0.39 is 5.91 Å². The number of carbonyl (C=O) groups excluding carboxylic acids is 1. The summed E-state index contributed by atoms with van der Waals surface area (Å²) in [6, 6.07) is 13.0. The minimum atomic E-state index is -0.689. The number of morpholine rings is 1. The predicted octanol–water partition coefficient (Wildman–Crippen LogP) is 5.39. The van der Waals surface area contributed by atoms with Crippen molar-refractivity contribution in [3.63, 3.8) is 0 Å². The van der Waals surface area contributed by atoms with E-state index in [-0.39, 0.29) is 23.5 Å². The average Bonchev–Trinajstić information content (AvgIpc) is 2.84. The Morgan fingerprint density at radius 3 is 2.32 bits per heavy atom. The quantitative estimate of drug-likeness (QED) is 0.428. The monoisotopic (exact) mass is 503 g/mol. The molecule has 1 aliphatic rings. The van der Waals surface area contributed by atoms with Crippen LogP contribution in [0, 0.1) is 6.92 Å². The van der Waals surface area contributed by atoms with Crippen molar-refractivity contribution in [1.29, 1.82) is 0 Å². The van der Waals surface area contributed by atoms with E-state index in [4.69, 9.17) is 20.2 Å². The molecule has 0 spiro atoms. The summed E-state index contributed by atoms with van der Waals surface area (Å²) in [4.78, 5) is 19.0. The van der Waals surface area contributed by atoms with Gasteiger partial charge in [-0.1, -0.05) is 32.0 Å². The topological polar surface area (TPSA) is 97.9 Å². The number of primary amides is 1. The van der Waals surface area contributed by atoms with E-state index >= 15 is 0 Å². The lowest BCUT2D eigenvalue weighted by Crippen LogP contribution is -2.45. The molecule has 4 rings (SSSR count). The van der Waals surface area contributed by atoms with Crippen LogP contribution < -0.4 is 10.5 Å². The van der Waals surface area contributed by atoms with Crippen LogP contribution in [0.15, 0.2) is 42.5 Å². The lowest BCUT2D eigenvalue weighted by molar-refractivity contribution is -0.0706. The highest BCUT2D eigenvalue weighted by atomic mass is 16.5. The molecule has 3 aromatic rings. The molecule has 1 amide bonds. The summed E-state index contributed by atoms with van der Waals surface area (Å²) >= 11 is 0. The molecule has 2 heterocycles. The van der Waals surface area contributed by atoms with Gasteiger partial charge in [0, 0.05) is 48.6 Å². The van der Waals surface area contributed by atoms with Gasteiger partial charge in [0.05, 0.1) is 23.5 Å². The smallest absolute Gasteiger partial charge is 0.252 e. The Hall–Kier alpha value is -3.42. The first-order chi connectivity index (χ1) is 17.7. The molecule has 37 heavy (non-hydrogen) atoms. The van der Waals surface area contributed by atoms with Gasteiger partial charge in [-0.2, -0.15) is 0 Å². The average molecular weight is 504 g/mol. The normalized spacial score (nSPS) is 18.1. The Kier molecular flexibility index (Phi) is 8.15. The number of phenols is 1. The third-order valence-corrected chi connectivity index (χ3v) is 6.88. The molecule has 0 bridgehead atoms. The number of ether oxygens (including phenoxy) is 2. The maximum Gasteiger partial charge on any atom is 0.252 e. The second-order valence-electron chi connectivity index (χ2n) is 9.82. The van der Waals surface area contributed by atoms with E-state index in [2.05, 4.69) is 50.8 Å². The number of aromatic hydroxyl groups is 1. The summed E-state index contributed by atoms with van der Waals surface area (Å²) < 4.78 is 12.3. The van der Waals surface area contributed by atoms with Gasteiger partial charge < -0.3 is 20.3 Å². The number of pyridine rings is 1. The lowest BCUT2D eigenvalue weighted by atomic mass is 9.94. The number of aryl methyl sites for hydroxylation is 3. The zero-order valence-corrected chi connectivity index (χ0v) is 22.4. The molecule has 0 aliphatic carbocycles. The number of nitrogens with two attached hydrogens (primary N) is 1. The van der Waals surface area contributed by atoms with E-state index in [0.29, 0.717) is 18.0 Å². The van der Waals surface area contributed by atoms with Crippen LogP contribution in [-0.4, -0.2) is 46.2 Å². The van der Waals surface area contributed by atoms with Crippen molar-refractivity contribution in [2.45, 2.75) is 66.2 Å². The van der Waals surface area contributed by atoms with Crippen LogP contribution in [0.1, 0.15) is 60.4 Å². The molecule has 1 saturated heterocycles. The second-order valence-corrected chi connectivity index (χ2v) is 9.82. The maximum absolute atomic E-state index is 11.6. The zero-order chi connectivity index (χ0) is 26.7. The third kappa shape index (κ3) is 5.95. The van der Waals surface area contributed by atoms with E-state index in [1.54, 1.807) is 6.07 Å². The molecule has 2 aromatic carbocycles. The second kappa shape index (κ2) is 11.3. The first kappa shape index (κ1) is 26.6. The van der Waals surface area contributed by atoms with Crippen LogP contribution in [0.25, 0.3) is 11.3 Å². The standard InChI is InChI=1S/C30H37N3O4/c1-6-21-9-8-10-22(7-2)29(21)26-14-28(37-23-11-12-24(30(31)35)27(34)13-23)25(20(5)32-26)17-33-15-18(3)36-19(4)16-33/h8-14,18-19,34H,6-7,15-17H2,1-5H3,(H2,31,35)/t18-,19-/m1/s1. The minimum absolute atomic E-state index is 0.0555. The van der Waals surface area contributed by atoms with Gasteiger partial charge in [-0.3, -0.25) is 14.7 Å². The van der Waals surface area contributed by atoms with Crippen molar-refractivity contribution in [3.05, 3.63) is 70.4 Å². The highest BCUT2D eigenvalue weighted by molar-refractivity contribution is 5.95. The highest BCUT2D eigenvalue weighted by Gasteiger charge is 2.25. The van der Waals surface area contributed by atoms with Crippen LogP contribution >= 0.6 is 0 Å². The van der Waals surface area contributed by atoms with E-state index in [1.165, 1.54) is 23.3 Å². The molecule has 2 atom stereocenters. The van der Waals surface area contributed by atoms with Crippen molar-refractivity contribution in [2.24, 2.45) is 5.73 Å². The molecule has 1 aromatic heterocycles. The molecule has 0 unspecified atom stereocenters. The molecule has 0 radical (unpaired) electrons. The summed E-state index contributed by atoms with van der Waals surface area (Å²) in [7, 11) is 0. The van der Waals surface area contributed by atoms with Gasteiger partial charge in [-0.25, -0.2) is 0 Å². The molecule has 196 valence electrons. The summed E-state index contributed by atoms with van der Waals surface area (Å²) in [5, 5.41) is 10.3. The molecule has 1 fully saturated rings. The van der Waals surface area contributed by atoms with Crippen molar-refractivity contribution in [3.8, 4) is 28.5 Å². The number of benzene rings is 2. The van der Waals surface area contributed by atoms with Crippen molar-refractivity contribution in [1.82, 2.24) is 9.88 Å². The van der Waals surface area contributed by atoms with Gasteiger partial charge in [0.15, 0.2) is 0 Å². The Balaban J connectivity index is 1.81. The molecule has 3 N–H and O–H groups in total.